The predicted octanol–water partition coefficient (Wildman–Crippen LogP) is 0.981. The SMILES string of the molecule is COc1nccc(O[C@H]2C[C@H](N)C2)c1-c1cc(Nc2cnc(C(N)=O)cn2)n[nH]1. The maximum absolute atomic E-state index is 11.1. The van der Waals surface area contributed by atoms with Crippen molar-refractivity contribution >= 4 is 17.5 Å². The first-order chi connectivity index (χ1) is 14.0. The summed E-state index contributed by atoms with van der Waals surface area (Å²) in [6.07, 6.45) is 5.99. The van der Waals surface area contributed by atoms with E-state index in [1.807, 2.05) is 0 Å². The van der Waals surface area contributed by atoms with Crippen molar-refractivity contribution in [3.05, 3.63) is 36.4 Å². The maximum Gasteiger partial charge on any atom is 0.268 e. The van der Waals surface area contributed by atoms with Gasteiger partial charge >= 0.3 is 0 Å². The van der Waals surface area contributed by atoms with Crippen molar-refractivity contribution in [3.63, 3.8) is 0 Å². The molecule has 0 bridgehead atoms. The Morgan fingerprint density at radius 1 is 1.24 bits per heavy atom. The lowest BCUT2D eigenvalue weighted by atomic mass is 9.90. The Hall–Kier alpha value is -3.73. The maximum atomic E-state index is 11.1. The summed E-state index contributed by atoms with van der Waals surface area (Å²) in [5.74, 6) is 1.30. The molecule has 150 valence electrons. The third-order valence-electron chi connectivity index (χ3n) is 4.50. The molecule has 0 saturated heterocycles. The molecule has 4 rings (SSSR count). The summed E-state index contributed by atoms with van der Waals surface area (Å²) < 4.78 is 11.5. The second kappa shape index (κ2) is 7.72. The van der Waals surface area contributed by atoms with Crippen molar-refractivity contribution in [1.29, 1.82) is 0 Å². The number of amides is 1. The van der Waals surface area contributed by atoms with Gasteiger partial charge in [-0.05, 0) is 18.9 Å². The number of aromatic amines is 1. The first-order valence-electron chi connectivity index (χ1n) is 8.93. The summed E-state index contributed by atoms with van der Waals surface area (Å²) in [4.78, 5) is 23.4. The molecular formula is C18H20N8O3. The van der Waals surface area contributed by atoms with Gasteiger partial charge in [-0.1, -0.05) is 0 Å². The zero-order valence-electron chi connectivity index (χ0n) is 15.6. The number of methoxy groups -OCH3 is 1. The lowest BCUT2D eigenvalue weighted by Crippen LogP contribution is -2.43. The molecule has 1 saturated carbocycles. The van der Waals surface area contributed by atoms with Gasteiger partial charge in [-0.15, -0.1) is 0 Å². The monoisotopic (exact) mass is 396 g/mol. The summed E-state index contributed by atoms with van der Waals surface area (Å²) in [6.45, 7) is 0. The van der Waals surface area contributed by atoms with Crippen LogP contribution in [0.2, 0.25) is 0 Å². The Balaban J connectivity index is 1.57. The quantitative estimate of drug-likeness (QED) is 0.455. The first kappa shape index (κ1) is 18.6. The average Bonchev–Trinajstić information content (AvgIpc) is 3.15. The number of hydrogen-bond acceptors (Lipinski definition) is 9. The number of carbonyl (C=O) groups is 1. The van der Waals surface area contributed by atoms with Crippen molar-refractivity contribution in [1.82, 2.24) is 25.1 Å². The Labute approximate surface area is 165 Å². The number of pyridine rings is 1. The molecule has 1 fully saturated rings. The van der Waals surface area contributed by atoms with E-state index in [-0.39, 0.29) is 17.8 Å². The first-order valence-corrected chi connectivity index (χ1v) is 8.93. The molecule has 11 nitrogen and oxygen atoms in total. The zero-order chi connectivity index (χ0) is 20.4. The molecule has 0 unspecified atom stereocenters. The highest BCUT2D eigenvalue weighted by molar-refractivity contribution is 5.90. The number of carbonyl (C=O) groups excluding carboxylic acids is 1. The molecule has 1 amide bonds. The number of hydrogen-bond donors (Lipinski definition) is 4. The highest BCUT2D eigenvalue weighted by Crippen LogP contribution is 2.38. The van der Waals surface area contributed by atoms with Gasteiger partial charge in [-0.2, -0.15) is 5.10 Å². The van der Waals surface area contributed by atoms with Crippen LogP contribution in [0, 0.1) is 0 Å². The third kappa shape index (κ3) is 3.94. The van der Waals surface area contributed by atoms with E-state index in [0.29, 0.717) is 34.5 Å². The second-order valence-electron chi connectivity index (χ2n) is 6.61. The summed E-state index contributed by atoms with van der Waals surface area (Å²) in [5.41, 5.74) is 12.4. The lowest BCUT2D eigenvalue weighted by Gasteiger charge is -2.33. The molecule has 1 aliphatic carbocycles. The van der Waals surface area contributed by atoms with Crippen LogP contribution in [0.5, 0.6) is 11.6 Å². The number of anilines is 2. The van der Waals surface area contributed by atoms with Crippen molar-refractivity contribution in [2.45, 2.75) is 25.0 Å². The number of primary amides is 1. The van der Waals surface area contributed by atoms with Crippen molar-refractivity contribution < 1.29 is 14.3 Å². The number of nitrogens with zero attached hydrogens (tertiary/aromatic N) is 4. The molecule has 0 aliphatic heterocycles. The van der Waals surface area contributed by atoms with Gasteiger partial charge in [0.05, 0.1) is 25.2 Å². The van der Waals surface area contributed by atoms with E-state index < -0.39 is 5.91 Å². The molecule has 0 atom stereocenters. The van der Waals surface area contributed by atoms with Gasteiger partial charge in [0, 0.05) is 18.3 Å². The van der Waals surface area contributed by atoms with Crippen LogP contribution >= 0.6 is 0 Å². The van der Waals surface area contributed by atoms with Crippen LogP contribution in [0.15, 0.2) is 30.7 Å². The van der Waals surface area contributed by atoms with E-state index in [4.69, 9.17) is 20.9 Å². The van der Waals surface area contributed by atoms with Gasteiger partial charge in [0.2, 0.25) is 5.88 Å². The van der Waals surface area contributed by atoms with Crippen molar-refractivity contribution in [2.75, 3.05) is 12.4 Å². The highest BCUT2D eigenvalue weighted by Gasteiger charge is 2.29. The van der Waals surface area contributed by atoms with E-state index >= 15 is 0 Å². The fraction of sp³-hybridized carbons (Fsp3) is 0.278. The van der Waals surface area contributed by atoms with Gasteiger partial charge in [0.1, 0.15) is 28.9 Å². The molecular weight excluding hydrogens is 376 g/mol. The van der Waals surface area contributed by atoms with Gasteiger partial charge < -0.3 is 26.3 Å². The summed E-state index contributed by atoms with van der Waals surface area (Å²) in [7, 11) is 1.54. The van der Waals surface area contributed by atoms with Gasteiger partial charge in [-0.3, -0.25) is 9.89 Å². The zero-order valence-corrected chi connectivity index (χ0v) is 15.6. The van der Waals surface area contributed by atoms with E-state index in [0.717, 1.165) is 12.8 Å². The standard InChI is InChI=1S/C18H20N8O3/c1-28-18-16(13(2-3-21-18)29-10-4-9(19)5-10)11-6-14(26-25-11)24-15-8-22-12(7-23-15)17(20)27/h2-3,6-10H,4-5,19H2,1H3,(H2,20,27)(H2,23,24,25,26)/t9-,10-. The molecule has 11 heteroatoms. The molecule has 29 heavy (non-hydrogen) atoms. The van der Waals surface area contributed by atoms with Crippen LogP contribution in [-0.2, 0) is 0 Å². The molecule has 1 aliphatic rings. The number of ether oxygens (including phenoxy) is 2. The minimum atomic E-state index is -0.644. The number of aromatic nitrogens is 5. The Morgan fingerprint density at radius 3 is 2.72 bits per heavy atom. The number of rotatable bonds is 7. The molecule has 0 spiro atoms. The fourth-order valence-corrected chi connectivity index (χ4v) is 2.97. The van der Waals surface area contributed by atoms with E-state index in [1.165, 1.54) is 12.4 Å². The largest absolute Gasteiger partial charge is 0.489 e. The smallest absolute Gasteiger partial charge is 0.268 e. The van der Waals surface area contributed by atoms with Crippen molar-refractivity contribution in [2.24, 2.45) is 11.5 Å². The normalized spacial score (nSPS) is 18.0. The molecule has 0 aromatic carbocycles. The molecule has 3 aromatic heterocycles. The van der Waals surface area contributed by atoms with E-state index in [1.54, 1.807) is 25.4 Å². The Bertz CT molecular complexity index is 1010. The Morgan fingerprint density at radius 2 is 2.07 bits per heavy atom. The summed E-state index contributed by atoms with van der Waals surface area (Å²) in [5, 5.41) is 10.2. The molecule has 3 heterocycles. The molecule has 0 radical (unpaired) electrons. The Kier molecular flexibility index (Phi) is 4.96. The van der Waals surface area contributed by atoms with Gasteiger partial charge in [0.25, 0.3) is 5.91 Å². The molecule has 3 aromatic rings. The third-order valence-corrected chi connectivity index (χ3v) is 4.50. The van der Waals surface area contributed by atoms with E-state index in [9.17, 15) is 4.79 Å². The highest BCUT2D eigenvalue weighted by atomic mass is 16.5. The summed E-state index contributed by atoms with van der Waals surface area (Å²) >= 11 is 0. The van der Waals surface area contributed by atoms with Crippen LogP contribution in [0.25, 0.3) is 11.3 Å². The van der Waals surface area contributed by atoms with Crippen LogP contribution in [-0.4, -0.2) is 50.3 Å². The lowest BCUT2D eigenvalue weighted by molar-refractivity contribution is 0.0994. The van der Waals surface area contributed by atoms with E-state index in [2.05, 4.69) is 30.5 Å². The van der Waals surface area contributed by atoms with Crippen molar-refractivity contribution in [3.8, 4) is 22.9 Å². The minimum absolute atomic E-state index is 0.0652. The number of H-pyrrole nitrogens is 1. The van der Waals surface area contributed by atoms with Crippen LogP contribution in [0.4, 0.5) is 11.6 Å². The number of nitrogens with two attached hydrogens (primary N) is 2. The summed E-state index contributed by atoms with van der Waals surface area (Å²) in [6, 6.07) is 3.73. The minimum Gasteiger partial charge on any atom is -0.489 e. The average molecular weight is 396 g/mol. The van der Waals surface area contributed by atoms with Crippen LogP contribution < -0.4 is 26.3 Å². The van der Waals surface area contributed by atoms with Crippen LogP contribution in [0.3, 0.4) is 0 Å². The second-order valence-corrected chi connectivity index (χ2v) is 6.61. The predicted molar refractivity (Wildman–Crippen MR) is 104 cm³/mol. The number of nitrogens with one attached hydrogen (secondary N) is 2. The molecule has 6 N–H and O–H groups in total. The van der Waals surface area contributed by atoms with Gasteiger partial charge in [0.15, 0.2) is 5.82 Å². The van der Waals surface area contributed by atoms with Crippen LogP contribution in [0.1, 0.15) is 23.3 Å². The fourth-order valence-electron chi connectivity index (χ4n) is 2.97. The topological polar surface area (TPSA) is 167 Å². The van der Waals surface area contributed by atoms with Gasteiger partial charge in [-0.25, -0.2) is 15.0 Å².